The molecule has 1 saturated heterocycles. The first-order chi connectivity index (χ1) is 14.7. The topological polar surface area (TPSA) is 82.1 Å². The van der Waals surface area contributed by atoms with Crippen LogP contribution in [0.2, 0.25) is 0 Å². The molecule has 8 atom stereocenters. The van der Waals surface area contributed by atoms with E-state index in [0.29, 0.717) is 19.4 Å². The van der Waals surface area contributed by atoms with E-state index in [-0.39, 0.29) is 52.9 Å². The van der Waals surface area contributed by atoms with Crippen LogP contribution in [0.4, 0.5) is 0 Å². The molecule has 2 saturated carbocycles. The lowest BCUT2D eigenvalue weighted by molar-refractivity contribution is -0.212. The van der Waals surface area contributed by atoms with Gasteiger partial charge in [-0.3, -0.25) is 9.59 Å². The van der Waals surface area contributed by atoms with Crippen molar-refractivity contribution in [2.75, 3.05) is 6.61 Å². The Morgan fingerprint density at radius 1 is 1.23 bits per heavy atom. The third kappa shape index (κ3) is 3.95. The second-order valence-corrected chi connectivity index (χ2v) is 10.7. The molecule has 1 aliphatic heterocycles. The minimum atomic E-state index is -0.594. The molecule has 0 radical (unpaired) electrons. The molecule has 0 amide bonds. The summed E-state index contributed by atoms with van der Waals surface area (Å²) in [7, 11) is 0. The van der Waals surface area contributed by atoms with E-state index >= 15 is 0 Å². The van der Waals surface area contributed by atoms with E-state index in [0.717, 1.165) is 38.5 Å². The molecule has 1 N–H and O–H groups in total. The van der Waals surface area contributed by atoms with Gasteiger partial charge in [-0.05, 0) is 38.0 Å². The van der Waals surface area contributed by atoms with Crippen molar-refractivity contribution in [2.24, 2.45) is 22.7 Å². The third-order valence-corrected chi connectivity index (χ3v) is 8.61. The summed E-state index contributed by atoms with van der Waals surface area (Å²) < 4.78 is 17.9. The van der Waals surface area contributed by atoms with E-state index in [4.69, 9.17) is 14.2 Å². The van der Waals surface area contributed by atoms with Crippen LogP contribution in [0.25, 0.3) is 0 Å². The zero-order valence-corrected chi connectivity index (χ0v) is 19.4. The van der Waals surface area contributed by atoms with Crippen molar-refractivity contribution in [2.45, 2.75) is 103 Å². The smallest absolute Gasteiger partial charge is 0.306 e. The molecule has 0 aromatic rings. The van der Waals surface area contributed by atoms with Crippen molar-refractivity contribution in [3.63, 3.8) is 0 Å². The van der Waals surface area contributed by atoms with Crippen LogP contribution in [0.3, 0.4) is 0 Å². The van der Waals surface area contributed by atoms with Gasteiger partial charge in [0, 0.05) is 36.5 Å². The Morgan fingerprint density at radius 3 is 2.71 bits per heavy atom. The number of aliphatic hydroxyl groups excluding tert-OH is 1. The normalized spacial score (nSPS) is 43.8. The van der Waals surface area contributed by atoms with Crippen LogP contribution in [-0.4, -0.2) is 48.1 Å². The molecule has 31 heavy (non-hydrogen) atoms. The summed E-state index contributed by atoms with van der Waals surface area (Å²) >= 11 is 0. The van der Waals surface area contributed by atoms with Gasteiger partial charge in [0.15, 0.2) is 0 Å². The molecule has 0 aromatic carbocycles. The standard InChI is InChI=1S/C25H38O6/c1-5-6-7-21(28)31-17-10-11-24(3)16(12-17)13-19(27)22-18-8-9-20(30-15(2)26)25(18,4)14-29-23(22)24/h13,17-20,22-23,27H,5-12,14H2,1-4H3/t17-,18?,19-,20?,22?,23?,24-,25-/m0/s1. The van der Waals surface area contributed by atoms with Gasteiger partial charge in [0.1, 0.15) is 12.2 Å². The number of rotatable bonds is 5. The monoisotopic (exact) mass is 434 g/mol. The second kappa shape index (κ2) is 8.51. The van der Waals surface area contributed by atoms with Gasteiger partial charge in [-0.2, -0.15) is 0 Å². The van der Waals surface area contributed by atoms with Gasteiger partial charge in [-0.25, -0.2) is 0 Å². The Labute approximate surface area is 185 Å². The number of aliphatic hydroxyl groups is 1. The van der Waals surface area contributed by atoms with Crippen LogP contribution in [0.5, 0.6) is 0 Å². The average molecular weight is 435 g/mol. The highest BCUT2D eigenvalue weighted by Crippen LogP contribution is 2.60. The fraction of sp³-hybridized carbons (Fsp3) is 0.840. The van der Waals surface area contributed by atoms with Crippen LogP contribution in [0.15, 0.2) is 11.6 Å². The molecule has 0 bridgehead atoms. The highest BCUT2D eigenvalue weighted by atomic mass is 16.6. The first kappa shape index (κ1) is 22.8. The lowest BCUT2D eigenvalue weighted by Gasteiger charge is -2.58. The molecule has 0 spiro atoms. The number of ether oxygens (including phenoxy) is 3. The quantitative estimate of drug-likeness (QED) is 0.521. The van der Waals surface area contributed by atoms with E-state index in [1.165, 1.54) is 12.5 Å². The third-order valence-electron chi connectivity index (χ3n) is 8.61. The summed E-state index contributed by atoms with van der Waals surface area (Å²) in [5.74, 6) is -0.113. The van der Waals surface area contributed by atoms with E-state index < -0.39 is 6.10 Å². The van der Waals surface area contributed by atoms with E-state index in [2.05, 4.69) is 20.8 Å². The Bertz CT molecular complexity index is 746. The SMILES string of the molecule is CCCCC(=O)O[C@H]1CC[C@@]2(C)C(=C[C@H](O)C3C4CCC(OC(C)=O)[C@@]4(C)COC32)C1. The number of hydrogen-bond donors (Lipinski definition) is 1. The van der Waals surface area contributed by atoms with Gasteiger partial charge in [0.2, 0.25) is 0 Å². The molecule has 4 rings (SSSR count). The Balaban J connectivity index is 1.52. The minimum Gasteiger partial charge on any atom is -0.462 e. The second-order valence-electron chi connectivity index (χ2n) is 10.7. The fourth-order valence-corrected chi connectivity index (χ4v) is 6.84. The number of carbonyl (C=O) groups excluding carboxylic acids is 2. The number of esters is 2. The molecular formula is C25H38O6. The number of fused-ring (bicyclic) bond motifs is 5. The molecule has 3 fully saturated rings. The van der Waals surface area contributed by atoms with Crippen molar-refractivity contribution < 1.29 is 28.9 Å². The van der Waals surface area contributed by atoms with Crippen molar-refractivity contribution in [3.8, 4) is 0 Å². The summed E-state index contributed by atoms with van der Waals surface area (Å²) in [4.78, 5) is 23.7. The van der Waals surface area contributed by atoms with Crippen molar-refractivity contribution in [1.82, 2.24) is 0 Å². The maximum atomic E-state index is 12.1. The maximum Gasteiger partial charge on any atom is 0.306 e. The van der Waals surface area contributed by atoms with Crippen molar-refractivity contribution in [3.05, 3.63) is 11.6 Å². The predicted molar refractivity (Wildman–Crippen MR) is 115 cm³/mol. The summed E-state index contributed by atoms with van der Waals surface area (Å²) in [6.07, 6.45) is 7.56. The number of carbonyl (C=O) groups is 2. The van der Waals surface area contributed by atoms with Gasteiger partial charge in [0.25, 0.3) is 0 Å². The van der Waals surface area contributed by atoms with Gasteiger partial charge in [0.05, 0.1) is 18.8 Å². The zero-order chi connectivity index (χ0) is 22.4. The van der Waals surface area contributed by atoms with Crippen molar-refractivity contribution >= 4 is 11.9 Å². The van der Waals surface area contributed by atoms with Crippen LogP contribution >= 0.6 is 0 Å². The lowest BCUT2D eigenvalue weighted by Crippen LogP contribution is -2.61. The largest absolute Gasteiger partial charge is 0.462 e. The summed E-state index contributed by atoms with van der Waals surface area (Å²) in [6, 6.07) is 0. The first-order valence-electron chi connectivity index (χ1n) is 12.1. The number of hydrogen-bond acceptors (Lipinski definition) is 6. The van der Waals surface area contributed by atoms with Gasteiger partial charge in [-0.1, -0.05) is 38.8 Å². The molecule has 6 heteroatoms. The molecule has 4 aliphatic rings. The molecule has 1 heterocycles. The van der Waals surface area contributed by atoms with Crippen LogP contribution in [0, 0.1) is 22.7 Å². The van der Waals surface area contributed by atoms with Gasteiger partial charge in [-0.15, -0.1) is 0 Å². The lowest BCUT2D eigenvalue weighted by atomic mass is 9.54. The predicted octanol–water partition coefficient (Wildman–Crippen LogP) is 3.94. The van der Waals surface area contributed by atoms with Crippen LogP contribution < -0.4 is 0 Å². The molecule has 6 nitrogen and oxygen atoms in total. The number of unbranched alkanes of at least 4 members (excludes halogenated alkanes) is 1. The molecule has 174 valence electrons. The summed E-state index contributed by atoms with van der Waals surface area (Å²) in [6.45, 7) is 8.47. The molecule has 4 unspecified atom stereocenters. The highest BCUT2D eigenvalue weighted by Gasteiger charge is 2.62. The Morgan fingerprint density at radius 2 is 2.00 bits per heavy atom. The Kier molecular flexibility index (Phi) is 6.25. The molecule has 0 aromatic heterocycles. The molecule has 3 aliphatic carbocycles. The van der Waals surface area contributed by atoms with Crippen LogP contribution in [-0.2, 0) is 23.8 Å². The van der Waals surface area contributed by atoms with E-state index in [9.17, 15) is 14.7 Å². The van der Waals surface area contributed by atoms with Gasteiger partial charge >= 0.3 is 11.9 Å². The first-order valence-corrected chi connectivity index (χ1v) is 12.1. The zero-order valence-electron chi connectivity index (χ0n) is 19.4. The van der Waals surface area contributed by atoms with Crippen LogP contribution in [0.1, 0.15) is 79.1 Å². The van der Waals surface area contributed by atoms with E-state index in [1.54, 1.807) is 0 Å². The minimum absolute atomic E-state index is 0.00304. The average Bonchev–Trinajstić information content (AvgIpc) is 3.03. The maximum absolute atomic E-state index is 12.1. The van der Waals surface area contributed by atoms with E-state index in [1.807, 2.05) is 6.08 Å². The fourth-order valence-electron chi connectivity index (χ4n) is 6.84. The highest BCUT2D eigenvalue weighted by molar-refractivity contribution is 5.69. The van der Waals surface area contributed by atoms with Gasteiger partial charge < -0.3 is 19.3 Å². The summed E-state index contributed by atoms with van der Waals surface area (Å²) in [5.41, 5.74) is 0.748. The Hall–Kier alpha value is -1.40. The summed E-state index contributed by atoms with van der Waals surface area (Å²) in [5, 5.41) is 11.2. The molecular weight excluding hydrogens is 396 g/mol. The van der Waals surface area contributed by atoms with Crippen molar-refractivity contribution in [1.29, 1.82) is 0 Å².